The van der Waals surface area contributed by atoms with E-state index in [-0.39, 0.29) is 34.3 Å². The van der Waals surface area contributed by atoms with Crippen LogP contribution in [0.1, 0.15) is 38.7 Å². The van der Waals surface area contributed by atoms with Gasteiger partial charge >= 0.3 is 11.9 Å². The van der Waals surface area contributed by atoms with Gasteiger partial charge in [0.25, 0.3) is 0 Å². The Labute approximate surface area is 179 Å². The highest BCUT2D eigenvalue weighted by Gasteiger charge is 2.48. The van der Waals surface area contributed by atoms with E-state index in [1.165, 1.54) is 25.3 Å². The number of Topliss-reactive ketones (excluding diaryl/α,β-unsaturated/α-hetero) is 1. The van der Waals surface area contributed by atoms with Crippen LogP contribution in [0.2, 0.25) is 5.02 Å². The van der Waals surface area contributed by atoms with E-state index in [9.17, 15) is 18.8 Å². The molecule has 3 atom stereocenters. The van der Waals surface area contributed by atoms with Crippen LogP contribution in [0, 0.1) is 17.7 Å². The van der Waals surface area contributed by atoms with Crippen molar-refractivity contribution in [3.63, 3.8) is 0 Å². The summed E-state index contributed by atoms with van der Waals surface area (Å²) in [6.45, 7) is 5.20. The van der Waals surface area contributed by atoms with Crippen molar-refractivity contribution >= 4 is 29.3 Å². The number of allylic oxidation sites excluding steroid dienone is 3. The molecule has 0 bridgehead atoms. The first-order chi connectivity index (χ1) is 14.2. The number of ketones is 1. The highest BCUT2D eigenvalue weighted by atomic mass is 35.5. The molecule has 0 saturated heterocycles. The van der Waals surface area contributed by atoms with Crippen molar-refractivity contribution in [3.8, 4) is 0 Å². The Kier molecular flexibility index (Phi) is 6.31. The Bertz CT molecular complexity index is 963. The molecule has 2 aliphatic rings. The minimum absolute atomic E-state index is 0.00193. The molecule has 0 spiro atoms. The van der Waals surface area contributed by atoms with Gasteiger partial charge in [-0.3, -0.25) is 9.59 Å². The van der Waals surface area contributed by atoms with Crippen LogP contribution in [0.25, 0.3) is 0 Å². The van der Waals surface area contributed by atoms with E-state index in [4.69, 9.17) is 21.1 Å². The van der Waals surface area contributed by atoms with Crippen molar-refractivity contribution in [2.75, 3.05) is 13.7 Å². The van der Waals surface area contributed by atoms with E-state index in [0.29, 0.717) is 17.8 Å². The molecule has 0 radical (unpaired) electrons. The number of carbonyl (C=O) groups is 3. The monoisotopic (exact) mass is 435 g/mol. The van der Waals surface area contributed by atoms with Gasteiger partial charge in [0.2, 0.25) is 0 Å². The SMILES string of the molecule is CCOC(=O)C1=C(C)NC2=C(C(=O)[C@@H](C(=O)OC)[C@@H](C)C2)[C@H]1c1c(F)cccc1Cl. The van der Waals surface area contributed by atoms with Crippen LogP contribution in [0.3, 0.4) is 0 Å². The van der Waals surface area contributed by atoms with Crippen LogP contribution < -0.4 is 5.32 Å². The molecule has 1 heterocycles. The molecule has 6 nitrogen and oxygen atoms in total. The highest BCUT2D eigenvalue weighted by molar-refractivity contribution is 6.31. The first-order valence-electron chi connectivity index (χ1n) is 9.66. The number of hydrogen-bond acceptors (Lipinski definition) is 6. The van der Waals surface area contributed by atoms with Crippen LogP contribution in [-0.4, -0.2) is 31.4 Å². The zero-order valence-electron chi connectivity index (χ0n) is 17.2. The van der Waals surface area contributed by atoms with E-state index in [2.05, 4.69) is 5.32 Å². The van der Waals surface area contributed by atoms with Gasteiger partial charge in [0.15, 0.2) is 5.78 Å². The molecule has 160 valence electrons. The standard InChI is InChI=1S/C22H23ClFNO5/c1-5-30-22(28)16-11(3)25-14-9-10(2)15(21(27)29-4)20(26)18(14)19(16)17-12(23)7-6-8-13(17)24/h6-8,10,15,19,25H,5,9H2,1-4H3/t10-,15-,19+/m0/s1. The van der Waals surface area contributed by atoms with Crippen molar-refractivity contribution in [3.05, 3.63) is 57.1 Å². The first kappa shape index (κ1) is 22.0. The predicted molar refractivity (Wildman–Crippen MR) is 108 cm³/mol. The molecule has 8 heteroatoms. The molecule has 1 aromatic carbocycles. The molecule has 3 rings (SSSR count). The number of ether oxygens (including phenoxy) is 2. The van der Waals surface area contributed by atoms with Gasteiger partial charge in [0.1, 0.15) is 11.7 Å². The number of benzene rings is 1. The number of nitrogens with one attached hydrogen (secondary N) is 1. The van der Waals surface area contributed by atoms with Gasteiger partial charge in [0.05, 0.1) is 25.2 Å². The van der Waals surface area contributed by atoms with Gasteiger partial charge in [-0.2, -0.15) is 0 Å². The molecule has 0 saturated carbocycles. The third-order valence-corrected chi connectivity index (χ3v) is 5.86. The Balaban J connectivity index is 2.26. The largest absolute Gasteiger partial charge is 0.468 e. The lowest BCUT2D eigenvalue weighted by molar-refractivity contribution is -0.151. The maximum Gasteiger partial charge on any atom is 0.336 e. The quantitative estimate of drug-likeness (QED) is 0.574. The average Bonchev–Trinajstić information content (AvgIpc) is 2.67. The number of hydrogen-bond donors (Lipinski definition) is 1. The third kappa shape index (κ3) is 3.62. The van der Waals surface area contributed by atoms with Gasteiger partial charge in [0, 0.05) is 27.6 Å². The molecule has 0 fully saturated rings. The minimum Gasteiger partial charge on any atom is -0.468 e. The van der Waals surface area contributed by atoms with Crippen LogP contribution in [0.4, 0.5) is 4.39 Å². The molecular weight excluding hydrogens is 413 g/mol. The summed E-state index contributed by atoms with van der Waals surface area (Å²) in [7, 11) is 1.21. The Morgan fingerprint density at radius 2 is 2.03 bits per heavy atom. The Morgan fingerprint density at radius 1 is 1.33 bits per heavy atom. The molecule has 1 aromatic rings. The number of esters is 2. The first-order valence-corrected chi connectivity index (χ1v) is 10.0. The molecular formula is C22H23ClFNO5. The summed E-state index contributed by atoms with van der Waals surface area (Å²) in [6.07, 6.45) is 0.358. The van der Waals surface area contributed by atoms with Crippen LogP contribution in [0.15, 0.2) is 40.7 Å². The van der Waals surface area contributed by atoms with Crippen molar-refractivity contribution in [1.82, 2.24) is 5.32 Å². The summed E-state index contributed by atoms with van der Waals surface area (Å²) >= 11 is 6.33. The van der Waals surface area contributed by atoms with E-state index < -0.39 is 35.4 Å². The van der Waals surface area contributed by atoms with Crippen LogP contribution in [-0.2, 0) is 23.9 Å². The van der Waals surface area contributed by atoms with Gasteiger partial charge in [-0.25, -0.2) is 9.18 Å². The minimum atomic E-state index is -1.10. The number of halogens is 2. The lowest BCUT2D eigenvalue weighted by Crippen LogP contribution is -2.43. The second-order valence-electron chi connectivity index (χ2n) is 7.39. The smallest absolute Gasteiger partial charge is 0.336 e. The highest BCUT2D eigenvalue weighted by Crippen LogP contribution is 2.47. The van der Waals surface area contributed by atoms with Crippen molar-refractivity contribution in [1.29, 1.82) is 0 Å². The summed E-state index contributed by atoms with van der Waals surface area (Å²) in [5.41, 5.74) is 1.23. The Morgan fingerprint density at radius 3 is 2.63 bits per heavy atom. The maximum atomic E-state index is 15.0. The maximum absolute atomic E-state index is 15.0. The molecule has 1 aliphatic heterocycles. The summed E-state index contributed by atoms with van der Waals surface area (Å²) in [4.78, 5) is 38.6. The van der Waals surface area contributed by atoms with Crippen molar-refractivity contribution in [2.45, 2.75) is 33.1 Å². The average molecular weight is 436 g/mol. The second-order valence-corrected chi connectivity index (χ2v) is 7.80. The fraction of sp³-hybridized carbons (Fsp3) is 0.409. The zero-order valence-corrected chi connectivity index (χ0v) is 17.9. The molecule has 0 unspecified atom stereocenters. The molecule has 1 aliphatic carbocycles. The molecule has 30 heavy (non-hydrogen) atoms. The fourth-order valence-electron chi connectivity index (χ4n) is 4.24. The summed E-state index contributed by atoms with van der Waals surface area (Å²) in [5.74, 6) is -4.99. The number of carbonyl (C=O) groups excluding carboxylic acids is 3. The van der Waals surface area contributed by atoms with E-state index in [1.54, 1.807) is 20.8 Å². The number of methoxy groups -OCH3 is 1. The second kappa shape index (κ2) is 8.60. The van der Waals surface area contributed by atoms with E-state index in [0.717, 1.165) is 0 Å². The van der Waals surface area contributed by atoms with Crippen molar-refractivity contribution in [2.24, 2.45) is 11.8 Å². The van der Waals surface area contributed by atoms with E-state index >= 15 is 0 Å². The van der Waals surface area contributed by atoms with Crippen molar-refractivity contribution < 1.29 is 28.2 Å². The number of dihydropyridines is 1. The van der Waals surface area contributed by atoms with Crippen LogP contribution in [0.5, 0.6) is 0 Å². The molecule has 0 amide bonds. The fourth-order valence-corrected chi connectivity index (χ4v) is 4.51. The molecule has 1 N–H and O–H groups in total. The normalized spacial score (nSPS) is 23.7. The van der Waals surface area contributed by atoms with Gasteiger partial charge in [-0.05, 0) is 38.3 Å². The lowest BCUT2D eigenvalue weighted by Gasteiger charge is -2.38. The summed E-state index contributed by atoms with van der Waals surface area (Å²) in [5, 5.41) is 3.18. The van der Waals surface area contributed by atoms with Crippen LogP contribution >= 0.6 is 11.6 Å². The molecule has 0 aromatic heterocycles. The zero-order chi connectivity index (χ0) is 22.2. The third-order valence-electron chi connectivity index (χ3n) is 5.53. The topological polar surface area (TPSA) is 81.7 Å². The predicted octanol–water partition coefficient (Wildman–Crippen LogP) is 3.66. The lowest BCUT2D eigenvalue weighted by atomic mass is 9.69. The van der Waals surface area contributed by atoms with E-state index in [1.807, 2.05) is 0 Å². The van der Waals surface area contributed by atoms with Gasteiger partial charge < -0.3 is 14.8 Å². The van der Waals surface area contributed by atoms with Gasteiger partial charge in [-0.1, -0.05) is 24.6 Å². The summed E-state index contributed by atoms with van der Waals surface area (Å²) in [6, 6.07) is 4.16. The van der Waals surface area contributed by atoms with Gasteiger partial charge in [-0.15, -0.1) is 0 Å². The number of rotatable bonds is 4. The Hall–Kier alpha value is -2.67. The summed E-state index contributed by atoms with van der Waals surface area (Å²) < 4.78 is 25.0.